The largest absolute Gasteiger partial charge is 0.491 e. The first-order chi connectivity index (χ1) is 13.2. The summed E-state index contributed by atoms with van der Waals surface area (Å²) in [6.45, 7) is 1.49. The second kappa shape index (κ2) is 7.61. The molecule has 27 heavy (non-hydrogen) atoms. The highest BCUT2D eigenvalue weighted by Gasteiger charge is 2.28. The van der Waals surface area contributed by atoms with E-state index in [9.17, 15) is 9.18 Å². The molecule has 6 heteroatoms. The number of carbonyl (C=O) groups excluding carboxylic acids is 1. The van der Waals surface area contributed by atoms with Crippen LogP contribution in [0.25, 0.3) is 0 Å². The van der Waals surface area contributed by atoms with Crippen LogP contribution < -0.4 is 4.74 Å². The van der Waals surface area contributed by atoms with E-state index >= 15 is 0 Å². The zero-order chi connectivity index (χ0) is 18.6. The minimum Gasteiger partial charge on any atom is -0.491 e. The predicted molar refractivity (Wildman–Crippen MR) is 98.6 cm³/mol. The standard InChI is InChI=1S/C21H20FN3O2/c22-18-7-5-16(6-8-18)11-21(26)25-12-17-3-1-2-4-20(17)27-14-19(25)13-24-10-9-23-15-24/h1-10,15,19H,11-14H2/t19-/m0/s1. The van der Waals surface area contributed by atoms with Gasteiger partial charge in [0.1, 0.15) is 18.2 Å². The zero-order valence-electron chi connectivity index (χ0n) is 14.8. The number of hydrogen-bond donors (Lipinski definition) is 0. The molecule has 0 saturated heterocycles. The number of benzene rings is 2. The van der Waals surface area contributed by atoms with Crippen LogP contribution in [0.4, 0.5) is 4.39 Å². The van der Waals surface area contributed by atoms with Gasteiger partial charge in [-0.15, -0.1) is 0 Å². The number of amides is 1. The van der Waals surface area contributed by atoms with Gasteiger partial charge in [0, 0.05) is 31.0 Å². The maximum atomic E-state index is 13.2. The number of halogens is 1. The Hall–Kier alpha value is -3.15. The van der Waals surface area contributed by atoms with Crippen LogP contribution in [0.3, 0.4) is 0 Å². The van der Waals surface area contributed by atoms with Crippen molar-refractivity contribution in [1.29, 1.82) is 0 Å². The number of carbonyl (C=O) groups is 1. The zero-order valence-corrected chi connectivity index (χ0v) is 14.8. The molecule has 1 aliphatic heterocycles. The van der Waals surface area contributed by atoms with Gasteiger partial charge in [0.05, 0.1) is 18.8 Å². The number of rotatable bonds is 4. The van der Waals surface area contributed by atoms with Crippen molar-refractivity contribution in [2.45, 2.75) is 25.6 Å². The van der Waals surface area contributed by atoms with Crippen molar-refractivity contribution in [3.8, 4) is 5.75 Å². The highest BCUT2D eigenvalue weighted by atomic mass is 19.1. The normalized spacial score (nSPS) is 16.3. The molecule has 0 saturated carbocycles. The van der Waals surface area contributed by atoms with E-state index in [0.29, 0.717) is 19.7 Å². The van der Waals surface area contributed by atoms with Crippen molar-refractivity contribution in [1.82, 2.24) is 14.5 Å². The summed E-state index contributed by atoms with van der Waals surface area (Å²) in [4.78, 5) is 19.0. The summed E-state index contributed by atoms with van der Waals surface area (Å²) in [5, 5.41) is 0. The molecular weight excluding hydrogens is 345 g/mol. The van der Waals surface area contributed by atoms with E-state index in [1.807, 2.05) is 39.9 Å². The predicted octanol–water partition coefficient (Wildman–Crippen LogP) is 3.05. The van der Waals surface area contributed by atoms with Crippen LogP contribution >= 0.6 is 0 Å². The SMILES string of the molecule is O=C(Cc1ccc(F)cc1)N1Cc2ccccc2OC[C@@H]1Cn1ccnc1. The van der Waals surface area contributed by atoms with E-state index in [-0.39, 0.29) is 24.2 Å². The number of para-hydroxylation sites is 1. The Labute approximate surface area is 157 Å². The fourth-order valence-corrected chi connectivity index (χ4v) is 3.32. The molecule has 0 unspecified atom stereocenters. The van der Waals surface area contributed by atoms with E-state index in [1.54, 1.807) is 24.7 Å². The Kier molecular flexibility index (Phi) is 4.87. The summed E-state index contributed by atoms with van der Waals surface area (Å²) in [7, 11) is 0. The van der Waals surface area contributed by atoms with Crippen molar-refractivity contribution < 1.29 is 13.9 Å². The number of aromatic nitrogens is 2. The molecule has 0 fully saturated rings. The fourth-order valence-electron chi connectivity index (χ4n) is 3.32. The molecule has 1 aliphatic rings. The lowest BCUT2D eigenvalue weighted by atomic mass is 10.1. The van der Waals surface area contributed by atoms with Crippen molar-refractivity contribution in [2.75, 3.05) is 6.61 Å². The molecule has 3 aromatic rings. The lowest BCUT2D eigenvalue weighted by Crippen LogP contribution is -2.44. The molecule has 0 spiro atoms. The van der Waals surface area contributed by atoms with E-state index < -0.39 is 0 Å². The molecule has 1 atom stereocenters. The third-order valence-corrected chi connectivity index (χ3v) is 4.76. The summed E-state index contributed by atoms with van der Waals surface area (Å²) >= 11 is 0. The average Bonchev–Trinajstić information content (AvgIpc) is 3.12. The maximum Gasteiger partial charge on any atom is 0.227 e. The van der Waals surface area contributed by atoms with Crippen LogP contribution in [0, 0.1) is 5.82 Å². The minimum absolute atomic E-state index is 0.00738. The van der Waals surface area contributed by atoms with Crippen LogP contribution in [0.5, 0.6) is 5.75 Å². The number of hydrogen-bond acceptors (Lipinski definition) is 3. The highest BCUT2D eigenvalue weighted by Crippen LogP contribution is 2.26. The minimum atomic E-state index is -0.304. The van der Waals surface area contributed by atoms with Gasteiger partial charge in [-0.25, -0.2) is 9.37 Å². The molecule has 5 nitrogen and oxygen atoms in total. The topological polar surface area (TPSA) is 47.4 Å². The number of imidazole rings is 1. The van der Waals surface area contributed by atoms with E-state index in [2.05, 4.69) is 4.98 Å². The first kappa shape index (κ1) is 17.3. The molecule has 0 N–H and O–H groups in total. The number of nitrogens with zero attached hydrogens (tertiary/aromatic N) is 3. The number of fused-ring (bicyclic) bond motifs is 1. The van der Waals surface area contributed by atoms with Gasteiger partial charge in [-0.1, -0.05) is 30.3 Å². The van der Waals surface area contributed by atoms with Crippen molar-refractivity contribution in [3.63, 3.8) is 0 Å². The molecule has 1 aromatic heterocycles. The van der Waals surface area contributed by atoms with Crippen LogP contribution in [-0.4, -0.2) is 33.0 Å². The van der Waals surface area contributed by atoms with Gasteiger partial charge in [-0.3, -0.25) is 4.79 Å². The Morgan fingerprint density at radius 3 is 2.78 bits per heavy atom. The van der Waals surface area contributed by atoms with Crippen molar-refractivity contribution in [3.05, 3.63) is 84.2 Å². The Morgan fingerprint density at radius 2 is 2.00 bits per heavy atom. The Bertz CT molecular complexity index is 909. The Morgan fingerprint density at radius 1 is 1.19 bits per heavy atom. The first-order valence-corrected chi connectivity index (χ1v) is 8.89. The molecule has 138 valence electrons. The highest BCUT2D eigenvalue weighted by molar-refractivity contribution is 5.79. The molecule has 0 bridgehead atoms. The van der Waals surface area contributed by atoms with E-state index in [4.69, 9.17) is 4.74 Å². The quantitative estimate of drug-likeness (QED) is 0.714. The third-order valence-electron chi connectivity index (χ3n) is 4.76. The lowest BCUT2D eigenvalue weighted by Gasteiger charge is -2.29. The van der Waals surface area contributed by atoms with E-state index in [0.717, 1.165) is 16.9 Å². The van der Waals surface area contributed by atoms with Gasteiger partial charge in [0.2, 0.25) is 5.91 Å². The third kappa shape index (κ3) is 4.00. The summed E-state index contributed by atoms with van der Waals surface area (Å²) in [5.74, 6) is 0.499. The lowest BCUT2D eigenvalue weighted by molar-refractivity contribution is -0.134. The Balaban J connectivity index is 1.59. The fraction of sp³-hybridized carbons (Fsp3) is 0.238. The van der Waals surface area contributed by atoms with Gasteiger partial charge in [-0.2, -0.15) is 0 Å². The van der Waals surface area contributed by atoms with Crippen LogP contribution in [-0.2, 0) is 24.3 Å². The molecule has 0 aliphatic carbocycles. The van der Waals surface area contributed by atoms with Crippen LogP contribution in [0.15, 0.2) is 67.3 Å². The van der Waals surface area contributed by atoms with Gasteiger partial charge in [0.15, 0.2) is 0 Å². The van der Waals surface area contributed by atoms with Crippen LogP contribution in [0.2, 0.25) is 0 Å². The summed E-state index contributed by atoms with van der Waals surface area (Å²) in [6.07, 6.45) is 5.56. The molecule has 2 heterocycles. The van der Waals surface area contributed by atoms with Gasteiger partial charge < -0.3 is 14.2 Å². The monoisotopic (exact) mass is 365 g/mol. The summed E-state index contributed by atoms with van der Waals surface area (Å²) < 4.78 is 21.1. The second-order valence-corrected chi connectivity index (χ2v) is 6.66. The van der Waals surface area contributed by atoms with Crippen molar-refractivity contribution >= 4 is 5.91 Å². The van der Waals surface area contributed by atoms with Gasteiger partial charge in [0.25, 0.3) is 0 Å². The second-order valence-electron chi connectivity index (χ2n) is 6.66. The molecule has 4 rings (SSSR count). The molecule has 2 aromatic carbocycles. The smallest absolute Gasteiger partial charge is 0.227 e. The molecule has 1 amide bonds. The average molecular weight is 365 g/mol. The van der Waals surface area contributed by atoms with Crippen LogP contribution in [0.1, 0.15) is 11.1 Å². The van der Waals surface area contributed by atoms with E-state index in [1.165, 1.54) is 12.1 Å². The van der Waals surface area contributed by atoms with Crippen molar-refractivity contribution in [2.24, 2.45) is 0 Å². The molecule has 0 radical (unpaired) electrons. The maximum absolute atomic E-state index is 13.2. The van der Waals surface area contributed by atoms with Gasteiger partial charge >= 0.3 is 0 Å². The molecular formula is C21H20FN3O2. The first-order valence-electron chi connectivity index (χ1n) is 8.89. The summed E-state index contributed by atoms with van der Waals surface area (Å²) in [6, 6.07) is 13.7. The summed E-state index contributed by atoms with van der Waals surface area (Å²) in [5.41, 5.74) is 1.78. The van der Waals surface area contributed by atoms with Gasteiger partial charge in [-0.05, 0) is 23.8 Å². The number of ether oxygens (including phenoxy) is 1.